The molecule has 0 aliphatic carbocycles. The number of rotatable bonds is 8. The molecule has 2 rings (SSSR count). The van der Waals surface area contributed by atoms with Crippen LogP contribution in [0.4, 0.5) is 9.93 Å². The Kier molecular flexibility index (Phi) is 7.17. The number of ether oxygens (including phenoxy) is 2. The summed E-state index contributed by atoms with van der Waals surface area (Å²) in [6.07, 6.45) is 0. The SMILES string of the molecule is COCCOCc1csc(NC(=O)NCc2ccc(C)c(C)c2)n1. The number of aryl methyl sites for hydroxylation is 2. The van der Waals surface area contributed by atoms with Crippen LogP contribution in [0.15, 0.2) is 23.6 Å². The average molecular weight is 349 g/mol. The topological polar surface area (TPSA) is 72.5 Å². The second-order valence-electron chi connectivity index (χ2n) is 5.42. The van der Waals surface area contributed by atoms with Gasteiger partial charge in [0.25, 0.3) is 0 Å². The molecule has 0 unspecified atom stereocenters. The van der Waals surface area contributed by atoms with Gasteiger partial charge in [-0.2, -0.15) is 0 Å². The number of hydrogen-bond acceptors (Lipinski definition) is 5. The monoisotopic (exact) mass is 349 g/mol. The molecule has 0 aliphatic heterocycles. The number of urea groups is 1. The second kappa shape index (κ2) is 9.36. The van der Waals surface area contributed by atoms with Crippen molar-refractivity contribution in [3.63, 3.8) is 0 Å². The molecule has 2 aromatic rings. The van der Waals surface area contributed by atoms with Crippen LogP contribution in [0, 0.1) is 13.8 Å². The highest BCUT2D eigenvalue weighted by atomic mass is 32.1. The Morgan fingerprint density at radius 1 is 1.25 bits per heavy atom. The quantitative estimate of drug-likeness (QED) is 0.718. The number of methoxy groups -OCH3 is 1. The van der Waals surface area contributed by atoms with Crippen LogP contribution in [-0.2, 0) is 22.6 Å². The molecule has 0 saturated heterocycles. The zero-order valence-corrected chi connectivity index (χ0v) is 15.0. The molecule has 0 radical (unpaired) electrons. The summed E-state index contributed by atoms with van der Waals surface area (Å²) in [6, 6.07) is 5.88. The lowest BCUT2D eigenvalue weighted by Crippen LogP contribution is -2.28. The average Bonchev–Trinajstić information content (AvgIpc) is 3.00. The minimum atomic E-state index is -0.269. The fourth-order valence-electron chi connectivity index (χ4n) is 1.99. The molecule has 0 saturated carbocycles. The van der Waals surface area contributed by atoms with E-state index in [2.05, 4.69) is 41.6 Å². The first-order valence-corrected chi connectivity index (χ1v) is 8.58. The molecule has 130 valence electrons. The Balaban J connectivity index is 1.75. The van der Waals surface area contributed by atoms with Crippen LogP contribution in [-0.4, -0.2) is 31.3 Å². The van der Waals surface area contributed by atoms with Crippen LogP contribution in [0.2, 0.25) is 0 Å². The molecule has 2 N–H and O–H groups in total. The Morgan fingerprint density at radius 2 is 2.08 bits per heavy atom. The van der Waals surface area contributed by atoms with Crippen molar-refractivity contribution in [2.24, 2.45) is 0 Å². The molecule has 2 amide bonds. The molecule has 7 heteroatoms. The lowest BCUT2D eigenvalue weighted by atomic mass is 10.1. The van der Waals surface area contributed by atoms with Crippen LogP contribution in [0.1, 0.15) is 22.4 Å². The summed E-state index contributed by atoms with van der Waals surface area (Å²) in [6.45, 7) is 6.09. The summed E-state index contributed by atoms with van der Waals surface area (Å²) < 4.78 is 10.3. The van der Waals surface area contributed by atoms with E-state index in [0.717, 1.165) is 11.3 Å². The molecule has 24 heavy (non-hydrogen) atoms. The maximum Gasteiger partial charge on any atom is 0.321 e. The zero-order valence-electron chi connectivity index (χ0n) is 14.2. The fourth-order valence-corrected chi connectivity index (χ4v) is 2.68. The highest BCUT2D eigenvalue weighted by Gasteiger charge is 2.07. The van der Waals surface area contributed by atoms with Gasteiger partial charge in [-0.15, -0.1) is 11.3 Å². The van der Waals surface area contributed by atoms with E-state index in [9.17, 15) is 4.79 Å². The summed E-state index contributed by atoms with van der Waals surface area (Å²) >= 11 is 1.37. The van der Waals surface area contributed by atoms with Crippen LogP contribution in [0.5, 0.6) is 0 Å². The lowest BCUT2D eigenvalue weighted by Gasteiger charge is -2.07. The number of benzene rings is 1. The van der Waals surface area contributed by atoms with Gasteiger partial charge in [-0.25, -0.2) is 9.78 Å². The molecular formula is C17H23N3O3S. The summed E-state index contributed by atoms with van der Waals surface area (Å²) in [7, 11) is 1.63. The van der Waals surface area contributed by atoms with E-state index in [0.29, 0.717) is 31.5 Å². The van der Waals surface area contributed by atoms with E-state index in [4.69, 9.17) is 9.47 Å². The Morgan fingerprint density at radius 3 is 2.83 bits per heavy atom. The van der Waals surface area contributed by atoms with Crippen molar-refractivity contribution in [3.05, 3.63) is 46.0 Å². The lowest BCUT2D eigenvalue weighted by molar-refractivity contribution is 0.0604. The van der Waals surface area contributed by atoms with Gasteiger partial charge < -0.3 is 14.8 Å². The van der Waals surface area contributed by atoms with Gasteiger partial charge >= 0.3 is 6.03 Å². The first-order valence-electron chi connectivity index (χ1n) is 7.70. The molecule has 1 heterocycles. The summed E-state index contributed by atoms with van der Waals surface area (Å²) in [5.41, 5.74) is 4.32. The molecule has 6 nitrogen and oxygen atoms in total. The Hall–Kier alpha value is -1.96. The number of aromatic nitrogens is 1. The standard InChI is InChI=1S/C17H23N3O3S/c1-12-4-5-14(8-13(12)2)9-18-16(21)20-17-19-15(11-24-17)10-23-7-6-22-3/h4-5,8,11H,6-7,9-10H2,1-3H3,(H2,18,19,20,21). The molecule has 1 aromatic heterocycles. The summed E-state index contributed by atoms with van der Waals surface area (Å²) in [4.78, 5) is 16.3. The number of hydrogen-bond donors (Lipinski definition) is 2. The maximum absolute atomic E-state index is 11.9. The number of anilines is 1. The van der Waals surface area contributed by atoms with Gasteiger partial charge in [0.05, 0.1) is 25.5 Å². The predicted octanol–water partition coefficient (Wildman–Crippen LogP) is 3.24. The van der Waals surface area contributed by atoms with Crippen molar-refractivity contribution >= 4 is 22.5 Å². The third-order valence-corrected chi connectivity index (χ3v) is 4.28. The largest absolute Gasteiger partial charge is 0.382 e. The first-order chi connectivity index (χ1) is 11.6. The van der Waals surface area contributed by atoms with Gasteiger partial charge in [0, 0.05) is 19.0 Å². The van der Waals surface area contributed by atoms with Crippen LogP contribution in [0.25, 0.3) is 0 Å². The minimum absolute atomic E-state index is 0.269. The number of amides is 2. The third kappa shape index (κ3) is 5.92. The van der Waals surface area contributed by atoms with Gasteiger partial charge in [-0.1, -0.05) is 18.2 Å². The van der Waals surface area contributed by atoms with E-state index in [1.54, 1.807) is 7.11 Å². The van der Waals surface area contributed by atoms with E-state index in [1.165, 1.54) is 22.5 Å². The van der Waals surface area contributed by atoms with Crippen molar-refractivity contribution in [1.82, 2.24) is 10.3 Å². The van der Waals surface area contributed by atoms with Crippen LogP contribution in [0.3, 0.4) is 0 Å². The molecule has 0 bridgehead atoms. The first kappa shape index (κ1) is 18.4. The van der Waals surface area contributed by atoms with Crippen LogP contribution < -0.4 is 10.6 Å². The summed E-state index contributed by atoms with van der Waals surface area (Å²) in [5.74, 6) is 0. The van der Waals surface area contributed by atoms with Gasteiger partial charge in [-0.05, 0) is 30.5 Å². The van der Waals surface area contributed by atoms with Gasteiger partial charge in [-0.3, -0.25) is 5.32 Å². The van der Waals surface area contributed by atoms with E-state index < -0.39 is 0 Å². The van der Waals surface area contributed by atoms with E-state index in [1.807, 2.05) is 11.4 Å². The molecule has 0 aliphatic rings. The molecule has 0 fully saturated rings. The van der Waals surface area contributed by atoms with Crippen molar-refractivity contribution < 1.29 is 14.3 Å². The van der Waals surface area contributed by atoms with E-state index >= 15 is 0 Å². The molecule has 0 atom stereocenters. The van der Waals surface area contributed by atoms with Crippen LogP contribution >= 0.6 is 11.3 Å². The normalized spacial score (nSPS) is 10.6. The Labute approximate surface area is 146 Å². The predicted molar refractivity (Wildman–Crippen MR) is 95.4 cm³/mol. The number of carbonyl (C=O) groups is 1. The minimum Gasteiger partial charge on any atom is -0.382 e. The number of carbonyl (C=O) groups excluding carboxylic acids is 1. The van der Waals surface area contributed by atoms with Gasteiger partial charge in [0.1, 0.15) is 0 Å². The summed E-state index contributed by atoms with van der Waals surface area (Å²) in [5, 5.41) is 7.99. The smallest absolute Gasteiger partial charge is 0.321 e. The van der Waals surface area contributed by atoms with Gasteiger partial charge in [0.2, 0.25) is 0 Å². The molecule has 0 spiro atoms. The Bertz CT molecular complexity index is 673. The highest BCUT2D eigenvalue weighted by molar-refractivity contribution is 7.13. The number of nitrogens with zero attached hydrogens (tertiary/aromatic N) is 1. The second-order valence-corrected chi connectivity index (χ2v) is 6.27. The van der Waals surface area contributed by atoms with Crippen molar-refractivity contribution in [1.29, 1.82) is 0 Å². The van der Waals surface area contributed by atoms with Crippen molar-refractivity contribution in [2.75, 3.05) is 25.6 Å². The van der Waals surface area contributed by atoms with Crippen molar-refractivity contribution in [3.8, 4) is 0 Å². The van der Waals surface area contributed by atoms with E-state index in [-0.39, 0.29) is 6.03 Å². The number of thiazole rings is 1. The third-order valence-electron chi connectivity index (χ3n) is 3.48. The molecule has 1 aromatic carbocycles. The number of nitrogens with one attached hydrogen (secondary N) is 2. The maximum atomic E-state index is 11.9. The highest BCUT2D eigenvalue weighted by Crippen LogP contribution is 2.16. The zero-order chi connectivity index (χ0) is 17.4. The fraction of sp³-hybridized carbons (Fsp3) is 0.412. The van der Waals surface area contributed by atoms with Gasteiger partial charge in [0.15, 0.2) is 5.13 Å². The van der Waals surface area contributed by atoms with Crippen molar-refractivity contribution in [2.45, 2.75) is 27.0 Å². The molecular weight excluding hydrogens is 326 g/mol.